The Morgan fingerprint density at radius 3 is 2.51 bits per heavy atom. The fourth-order valence-electron chi connectivity index (χ4n) is 4.22. The van der Waals surface area contributed by atoms with Gasteiger partial charge in [0, 0.05) is 32.6 Å². The Kier molecular flexibility index (Phi) is 7.45. The van der Waals surface area contributed by atoms with E-state index >= 15 is 0 Å². The summed E-state index contributed by atoms with van der Waals surface area (Å²) in [6, 6.07) is 5.07. The lowest BCUT2D eigenvalue weighted by Crippen LogP contribution is -2.59. The molecule has 1 aromatic carbocycles. The molecule has 1 aliphatic heterocycles. The number of sulfonamides is 1. The third-order valence-corrected chi connectivity index (χ3v) is 7.92. The van der Waals surface area contributed by atoms with Gasteiger partial charge in [0.15, 0.2) is 0 Å². The Morgan fingerprint density at radius 2 is 1.91 bits per heavy atom. The van der Waals surface area contributed by atoms with Crippen molar-refractivity contribution < 1.29 is 40.6 Å². The maximum absolute atomic E-state index is 14.9. The first kappa shape index (κ1) is 27.2. The van der Waals surface area contributed by atoms with E-state index in [1.807, 2.05) is 0 Å². The summed E-state index contributed by atoms with van der Waals surface area (Å²) in [5, 5.41) is -1.74. The van der Waals surface area contributed by atoms with Gasteiger partial charge in [-0.25, -0.2) is 40.6 Å². The number of rotatable bonds is 6. The van der Waals surface area contributed by atoms with E-state index in [1.54, 1.807) is 20.8 Å². The Labute approximate surface area is 202 Å². The molecule has 3 rings (SSSR count). The van der Waals surface area contributed by atoms with Gasteiger partial charge in [-0.3, -0.25) is 0 Å². The number of carbonyl (C=O) groups excluding carboxylic acids is 1. The van der Waals surface area contributed by atoms with E-state index in [9.17, 15) is 26.4 Å². The van der Waals surface area contributed by atoms with E-state index in [4.69, 9.17) is 14.2 Å². The molecule has 1 heterocycles. The van der Waals surface area contributed by atoms with Crippen LogP contribution >= 0.6 is 0 Å². The Bertz CT molecular complexity index is 1090. The molecule has 0 aromatic heterocycles. The number of guanidine groups is 1. The molecule has 9 nitrogen and oxygen atoms in total. The third kappa shape index (κ3) is 5.41. The van der Waals surface area contributed by atoms with Crippen LogP contribution in [0.25, 0.3) is 0 Å². The monoisotopic (exact) mass is 521 g/mol. The van der Waals surface area contributed by atoms with E-state index in [0.717, 1.165) is 18.0 Å². The van der Waals surface area contributed by atoms with Crippen LogP contribution in [0.1, 0.15) is 39.2 Å². The van der Waals surface area contributed by atoms with Gasteiger partial charge in [-0.2, -0.15) is 0 Å². The molecule has 0 bridgehead atoms. The van der Waals surface area contributed by atoms with Crippen LogP contribution in [0.2, 0.25) is 0 Å². The van der Waals surface area contributed by atoms with Crippen LogP contribution in [0.15, 0.2) is 29.3 Å². The number of ether oxygens (including phenoxy) is 3. The number of benzene rings is 1. The minimum atomic E-state index is -4.51. The Morgan fingerprint density at radius 1 is 1.26 bits per heavy atom. The molecule has 0 N–H and O–H groups in total. The quantitative estimate of drug-likeness (QED) is 0.421. The number of amides is 1. The average molecular weight is 522 g/mol. The van der Waals surface area contributed by atoms with Crippen molar-refractivity contribution in [3.05, 3.63) is 35.6 Å². The van der Waals surface area contributed by atoms with E-state index in [-0.39, 0.29) is 18.8 Å². The fraction of sp³-hybridized carbons (Fsp3) is 0.636. The van der Waals surface area contributed by atoms with Crippen molar-refractivity contribution in [2.75, 3.05) is 34.1 Å². The molecule has 196 valence electrons. The number of hydrogen-bond donors (Lipinski definition) is 0. The number of aliphatic imine (C=N–C) groups is 1. The molecular weight excluding hydrogens is 491 g/mol. The zero-order valence-corrected chi connectivity index (χ0v) is 21.1. The van der Waals surface area contributed by atoms with Crippen LogP contribution < -0.4 is 0 Å². The lowest BCUT2D eigenvalue weighted by Gasteiger charge is -2.42. The molecule has 2 aliphatic rings. The maximum Gasteiger partial charge on any atom is 0.419 e. The molecule has 1 saturated carbocycles. The van der Waals surface area contributed by atoms with Crippen LogP contribution in [0, 0.1) is 5.82 Å². The predicted octanol–water partition coefficient (Wildman–Crippen LogP) is 3.31. The van der Waals surface area contributed by atoms with Gasteiger partial charge < -0.3 is 14.2 Å². The summed E-state index contributed by atoms with van der Waals surface area (Å²) in [5.74, 6) is -4.82. The summed E-state index contributed by atoms with van der Waals surface area (Å²) in [4.78, 5) is 18.3. The molecule has 1 aromatic rings. The van der Waals surface area contributed by atoms with Gasteiger partial charge in [0.25, 0.3) is 5.92 Å². The first-order chi connectivity index (χ1) is 16.1. The van der Waals surface area contributed by atoms with Crippen LogP contribution in [-0.4, -0.2) is 80.6 Å². The number of nitrogens with zero attached hydrogens (tertiary/aromatic N) is 3. The summed E-state index contributed by atoms with van der Waals surface area (Å²) in [5.41, 5.74) is -3.43. The van der Waals surface area contributed by atoms with Crippen molar-refractivity contribution in [3.8, 4) is 0 Å². The molecule has 0 spiro atoms. The van der Waals surface area contributed by atoms with Crippen molar-refractivity contribution in [2.24, 2.45) is 4.99 Å². The Hall–Kier alpha value is -2.38. The van der Waals surface area contributed by atoms with Crippen LogP contribution in [0.3, 0.4) is 0 Å². The molecule has 13 heteroatoms. The minimum absolute atomic E-state index is 0.0404. The highest BCUT2D eigenvalue weighted by atomic mass is 32.2. The summed E-state index contributed by atoms with van der Waals surface area (Å²) in [7, 11) is -1.97. The van der Waals surface area contributed by atoms with E-state index in [2.05, 4.69) is 4.99 Å². The van der Waals surface area contributed by atoms with Gasteiger partial charge in [-0.1, -0.05) is 18.2 Å². The van der Waals surface area contributed by atoms with Gasteiger partial charge in [-0.15, -0.1) is 0 Å². The number of carbonyl (C=O) groups is 1. The normalized spacial score (nSPS) is 25.1. The number of alkyl halides is 2. The standard InChI is InChI=1S/C22H30F3N3O6S/c1-20(2,3)34-19(29)28(14-33-11-10-32-5)18-26-22(15-8-6-7-9-16(15)23)13-21(24,25)12-17(22)35(30,31)27(18)4/h6-9,17H,10-14H2,1-5H3. The van der Waals surface area contributed by atoms with Crippen LogP contribution in [0.5, 0.6) is 0 Å². The second-order valence-corrected chi connectivity index (χ2v) is 11.6. The maximum atomic E-state index is 14.9. The van der Waals surface area contributed by atoms with Crippen LogP contribution in [0.4, 0.5) is 18.0 Å². The summed E-state index contributed by atoms with van der Waals surface area (Å²) in [6.45, 7) is 4.52. The molecule has 1 fully saturated rings. The van der Waals surface area contributed by atoms with Gasteiger partial charge in [-0.05, 0) is 26.8 Å². The SMILES string of the molecule is COCCOCN(C(=O)OC(C)(C)C)C1=NC2(c3ccccc3F)CC(F)(F)CC2S(=O)(=O)N1C. The first-order valence-corrected chi connectivity index (χ1v) is 12.4. The zero-order chi connectivity index (χ0) is 26.2. The minimum Gasteiger partial charge on any atom is -0.443 e. The third-order valence-electron chi connectivity index (χ3n) is 5.71. The molecule has 2 unspecified atom stereocenters. The Balaban J connectivity index is 2.20. The highest BCUT2D eigenvalue weighted by Crippen LogP contribution is 2.55. The van der Waals surface area contributed by atoms with Crippen molar-refractivity contribution in [2.45, 2.75) is 55.9 Å². The molecule has 0 saturated heterocycles. The molecule has 1 amide bonds. The second-order valence-electron chi connectivity index (χ2n) is 9.49. The van der Waals surface area contributed by atoms with E-state index in [1.165, 1.54) is 25.3 Å². The van der Waals surface area contributed by atoms with Gasteiger partial charge >= 0.3 is 6.09 Å². The van der Waals surface area contributed by atoms with Crippen molar-refractivity contribution >= 4 is 22.1 Å². The largest absolute Gasteiger partial charge is 0.443 e. The second kappa shape index (κ2) is 9.58. The van der Waals surface area contributed by atoms with E-state index < -0.39 is 69.8 Å². The summed E-state index contributed by atoms with van der Waals surface area (Å²) < 4.78 is 87.9. The van der Waals surface area contributed by atoms with Gasteiger partial charge in [0.2, 0.25) is 16.0 Å². The lowest BCUT2D eigenvalue weighted by atomic mass is 9.87. The highest BCUT2D eigenvalue weighted by Gasteiger charge is 2.66. The highest BCUT2D eigenvalue weighted by molar-refractivity contribution is 7.90. The summed E-state index contributed by atoms with van der Waals surface area (Å²) >= 11 is 0. The average Bonchev–Trinajstić information content (AvgIpc) is 3.02. The molecule has 1 aliphatic carbocycles. The number of hydrogen-bond acceptors (Lipinski definition) is 7. The molecule has 35 heavy (non-hydrogen) atoms. The fourth-order valence-corrected chi connectivity index (χ4v) is 6.17. The van der Waals surface area contributed by atoms with Gasteiger partial charge in [0.1, 0.15) is 28.9 Å². The van der Waals surface area contributed by atoms with Crippen molar-refractivity contribution in [1.82, 2.24) is 9.21 Å². The van der Waals surface area contributed by atoms with Crippen LogP contribution in [-0.2, 0) is 29.8 Å². The topological polar surface area (TPSA) is 97.7 Å². The number of methoxy groups -OCH3 is 1. The molecule has 0 radical (unpaired) electrons. The first-order valence-electron chi connectivity index (χ1n) is 10.9. The molecular formula is C22H30F3N3O6S. The zero-order valence-electron chi connectivity index (χ0n) is 20.3. The molecule has 2 atom stereocenters. The lowest BCUT2D eigenvalue weighted by molar-refractivity contribution is -0.00449. The predicted molar refractivity (Wildman–Crippen MR) is 121 cm³/mol. The van der Waals surface area contributed by atoms with Crippen molar-refractivity contribution in [1.29, 1.82) is 0 Å². The van der Waals surface area contributed by atoms with E-state index in [0.29, 0.717) is 4.31 Å². The summed E-state index contributed by atoms with van der Waals surface area (Å²) in [6.07, 6.45) is -3.10. The van der Waals surface area contributed by atoms with Gasteiger partial charge in [0.05, 0.1) is 13.2 Å². The number of halogens is 3. The number of fused-ring (bicyclic) bond motifs is 1. The van der Waals surface area contributed by atoms with Crippen molar-refractivity contribution in [3.63, 3.8) is 0 Å². The smallest absolute Gasteiger partial charge is 0.419 e.